The highest BCUT2D eigenvalue weighted by Crippen LogP contribution is 2.20. The summed E-state index contributed by atoms with van der Waals surface area (Å²) >= 11 is 5.88. The molecule has 1 saturated heterocycles. The van der Waals surface area contributed by atoms with Crippen molar-refractivity contribution in [3.8, 4) is 11.3 Å². The van der Waals surface area contributed by atoms with Crippen molar-refractivity contribution >= 4 is 29.9 Å². The van der Waals surface area contributed by atoms with Crippen LogP contribution in [-0.2, 0) is 0 Å². The number of hydrogen-bond acceptors (Lipinski definition) is 4. The van der Waals surface area contributed by atoms with Crippen LogP contribution in [0.3, 0.4) is 0 Å². The highest BCUT2D eigenvalue weighted by molar-refractivity contribution is 6.30. The van der Waals surface area contributed by atoms with Gasteiger partial charge in [0.1, 0.15) is 5.69 Å². The van der Waals surface area contributed by atoms with Crippen molar-refractivity contribution in [3.05, 3.63) is 41.0 Å². The quantitative estimate of drug-likeness (QED) is 0.750. The molecule has 3 N–H and O–H groups in total. The van der Waals surface area contributed by atoms with E-state index in [1.165, 1.54) is 0 Å². The average Bonchev–Trinajstić information content (AvgIpc) is 3.06. The summed E-state index contributed by atoms with van der Waals surface area (Å²) in [7, 11) is 0. The Morgan fingerprint density at radius 2 is 1.96 bits per heavy atom. The smallest absolute Gasteiger partial charge is 0.269 e. The molecule has 3 rings (SSSR count). The number of halogens is 2. The summed E-state index contributed by atoms with van der Waals surface area (Å²) in [5.41, 5.74) is 2.12. The second kappa shape index (κ2) is 9.03. The number of carbonyl (C=O) groups excluding carboxylic acids is 1. The standard InChI is InChI=1S/C16H20ClN5O.ClH/c17-13-3-1-12(2-4-13)14-11-15(21-20-14)16(23)19-7-10-22-8-5-18-6-9-22;/h1-4,11,18H,5-10H2,(H,19,23)(H,20,21);1H. The maximum atomic E-state index is 12.2. The van der Waals surface area contributed by atoms with Gasteiger partial charge in [-0.15, -0.1) is 12.4 Å². The number of hydrogen-bond donors (Lipinski definition) is 3. The molecule has 1 aliphatic rings. The molecular formula is C16H21Cl2N5O. The number of rotatable bonds is 5. The van der Waals surface area contributed by atoms with Gasteiger partial charge in [-0.3, -0.25) is 14.8 Å². The zero-order valence-corrected chi connectivity index (χ0v) is 14.8. The van der Waals surface area contributed by atoms with E-state index in [2.05, 4.69) is 25.7 Å². The predicted octanol–water partition coefficient (Wildman–Crippen LogP) is 1.79. The molecule has 0 radical (unpaired) electrons. The molecule has 1 amide bonds. The summed E-state index contributed by atoms with van der Waals surface area (Å²) in [4.78, 5) is 14.5. The molecule has 6 nitrogen and oxygen atoms in total. The van der Waals surface area contributed by atoms with Gasteiger partial charge in [-0.1, -0.05) is 23.7 Å². The van der Waals surface area contributed by atoms with Gasteiger partial charge >= 0.3 is 0 Å². The fourth-order valence-electron chi connectivity index (χ4n) is 2.56. The molecule has 0 aliphatic carbocycles. The number of piperazine rings is 1. The first-order valence-corrected chi connectivity index (χ1v) is 8.13. The Morgan fingerprint density at radius 3 is 2.67 bits per heavy atom. The van der Waals surface area contributed by atoms with Crippen LogP contribution >= 0.6 is 24.0 Å². The number of aromatic nitrogens is 2. The van der Waals surface area contributed by atoms with Gasteiger partial charge in [-0.05, 0) is 18.2 Å². The molecule has 2 heterocycles. The Hall–Kier alpha value is -1.60. The van der Waals surface area contributed by atoms with E-state index in [0.717, 1.165) is 44.0 Å². The van der Waals surface area contributed by atoms with E-state index in [0.29, 0.717) is 17.3 Å². The van der Waals surface area contributed by atoms with E-state index < -0.39 is 0 Å². The van der Waals surface area contributed by atoms with Gasteiger partial charge in [0, 0.05) is 49.9 Å². The van der Waals surface area contributed by atoms with Crippen molar-refractivity contribution < 1.29 is 4.79 Å². The topological polar surface area (TPSA) is 73.1 Å². The normalized spacial score (nSPS) is 14.9. The molecule has 8 heteroatoms. The molecule has 130 valence electrons. The number of nitrogens with one attached hydrogen (secondary N) is 3. The average molecular weight is 370 g/mol. The molecule has 0 unspecified atom stereocenters. The van der Waals surface area contributed by atoms with Crippen LogP contribution in [0.4, 0.5) is 0 Å². The highest BCUT2D eigenvalue weighted by atomic mass is 35.5. The minimum Gasteiger partial charge on any atom is -0.349 e. The van der Waals surface area contributed by atoms with Gasteiger partial charge in [-0.2, -0.15) is 5.10 Å². The van der Waals surface area contributed by atoms with E-state index in [9.17, 15) is 4.79 Å². The lowest BCUT2D eigenvalue weighted by molar-refractivity contribution is 0.0942. The first-order chi connectivity index (χ1) is 11.2. The maximum Gasteiger partial charge on any atom is 0.269 e. The summed E-state index contributed by atoms with van der Waals surface area (Å²) in [6, 6.07) is 9.12. The third-order valence-electron chi connectivity index (χ3n) is 3.89. The number of aromatic amines is 1. The van der Waals surface area contributed by atoms with Crippen molar-refractivity contribution in [2.45, 2.75) is 0 Å². The van der Waals surface area contributed by atoms with Crippen LogP contribution in [0.2, 0.25) is 5.02 Å². The Morgan fingerprint density at radius 1 is 1.25 bits per heavy atom. The minimum absolute atomic E-state index is 0. The summed E-state index contributed by atoms with van der Waals surface area (Å²) in [6.45, 7) is 5.58. The molecular weight excluding hydrogens is 349 g/mol. The van der Waals surface area contributed by atoms with E-state index in [1.54, 1.807) is 18.2 Å². The maximum absolute atomic E-state index is 12.2. The zero-order valence-electron chi connectivity index (χ0n) is 13.2. The highest BCUT2D eigenvalue weighted by Gasteiger charge is 2.12. The lowest BCUT2D eigenvalue weighted by Crippen LogP contribution is -2.46. The van der Waals surface area contributed by atoms with Crippen molar-refractivity contribution in [1.82, 2.24) is 25.7 Å². The van der Waals surface area contributed by atoms with Gasteiger partial charge in [-0.25, -0.2) is 0 Å². The van der Waals surface area contributed by atoms with Gasteiger partial charge in [0.2, 0.25) is 0 Å². The van der Waals surface area contributed by atoms with Crippen LogP contribution in [0.1, 0.15) is 10.5 Å². The Balaban J connectivity index is 0.00000208. The largest absolute Gasteiger partial charge is 0.349 e. The number of nitrogens with zero attached hydrogens (tertiary/aromatic N) is 2. The predicted molar refractivity (Wildman–Crippen MR) is 97.9 cm³/mol. The number of carbonyl (C=O) groups is 1. The molecule has 0 spiro atoms. The van der Waals surface area contributed by atoms with Crippen LogP contribution in [0.15, 0.2) is 30.3 Å². The van der Waals surface area contributed by atoms with E-state index >= 15 is 0 Å². The van der Waals surface area contributed by atoms with Gasteiger partial charge in [0.25, 0.3) is 5.91 Å². The molecule has 1 aliphatic heterocycles. The van der Waals surface area contributed by atoms with E-state index in [4.69, 9.17) is 11.6 Å². The van der Waals surface area contributed by atoms with Crippen LogP contribution < -0.4 is 10.6 Å². The lowest BCUT2D eigenvalue weighted by atomic mass is 10.1. The summed E-state index contributed by atoms with van der Waals surface area (Å²) < 4.78 is 0. The minimum atomic E-state index is -0.132. The first-order valence-electron chi connectivity index (χ1n) is 7.75. The Kier molecular flexibility index (Phi) is 7.05. The third kappa shape index (κ3) is 4.95. The van der Waals surface area contributed by atoms with E-state index in [1.807, 2.05) is 12.1 Å². The summed E-state index contributed by atoms with van der Waals surface area (Å²) in [6.07, 6.45) is 0. The second-order valence-corrected chi connectivity index (χ2v) is 5.96. The lowest BCUT2D eigenvalue weighted by Gasteiger charge is -2.26. The molecule has 1 fully saturated rings. The molecule has 2 aromatic rings. The monoisotopic (exact) mass is 369 g/mol. The molecule has 24 heavy (non-hydrogen) atoms. The number of benzene rings is 1. The molecule has 0 bridgehead atoms. The van der Waals surface area contributed by atoms with Crippen LogP contribution in [0.25, 0.3) is 11.3 Å². The molecule has 1 aromatic heterocycles. The van der Waals surface area contributed by atoms with Crippen LogP contribution in [0.5, 0.6) is 0 Å². The molecule has 1 aromatic carbocycles. The fourth-order valence-corrected chi connectivity index (χ4v) is 2.69. The number of H-pyrrole nitrogens is 1. The van der Waals surface area contributed by atoms with Gasteiger partial charge < -0.3 is 10.6 Å². The zero-order chi connectivity index (χ0) is 16.1. The Labute approximate surface area is 152 Å². The first kappa shape index (κ1) is 18.7. The van der Waals surface area contributed by atoms with E-state index in [-0.39, 0.29) is 18.3 Å². The molecule has 0 saturated carbocycles. The van der Waals surface area contributed by atoms with Gasteiger partial charge in [0.05, 0.1) is 5.69 Å². The fraction of sp³-hybridized carbons (Fsp3) is 0.375. The third-order valence-corrected chi connectivity index (χ3v) is 4.14. The Bertz CT molecular complexity index is 653. The van der Waals surface area contributed by atoms with Gasteiger partial charge in [0.15, 0.2) is 0 Å². The number of amides is 1. The summed E-state index contributed by atoms with van der Waals surface area (Å²) in [5, 5.41) is 13.9. The van der Waals surface area contributed by atoms with Crippen LogP contribution in [-0.4, -0.2) is 60.3 Å². The van der Waals surface area contributed by atoms with Crippen LogP contribution in [0, 0.1) is 0 Å². The molecule has 0 atom stereocenters. The van der Waals surface area contributed by atoms with Crippen molar-refractivity contribution in [2.75, 3.05) is 39.3 Å². The van der Waals surface area contributed by atoms with Crippen molar-refractivity contribution in [1.29, 1.82) is 0 Å². The second-order valence-electron chi connectivity index (χ2n) is 5.52. The van der Waals surface area contributed by atoms with Crippen molar-refractivity contribution in [2.24, 2.45) is 0 Å². The van der Waals surface area contributed by atoms with Crippen molar-refractivity contribution in [3.63, 3.8) is 0 Å². The summed E-state index contributed by atoms with van der Waals surface area (Å²) in [5.74, 6) is -0.132. The SMILES string of the molecule is Cl.O=C(NCCN1CCNCC1)c1cc(-c2ccc(Cl)cc2)n[nH]1.